The molecule has 5 heteroatoms. The third kappa shape index (κ3) is 1.65. The van der Waals surface area contributed by atoms with Crippen molar-refractivity contribution in [3.05, 3.63) is 23.5 Å². The zero-order valence-electron chi connectivity index (χ0n) is 7.06. The summed E-state index contributed by atoms with van der Waals surface area (Å²) in [5.41, 5.74) is 6.34. The van der Waals surface area contributed by atoms with E-state index in [0.717, 1.165) is 16.5 Å². The number of aromatic nitrogens is 3. The lowest BCUT2D eigenvalue weighted by molar-refractivity contribution is 1.06. The Morgan fingerprint density at radius 3 is 2.85 bits per heavy atom. The lowest BCUT2D eigenvalue weighted by Gasteiger charge is -1.94. The highest BCUT2D eigenvalue weighted by atomic mass is 32.1. The van der Waals surface area contributed by atoms with Gasteiger partial charge in [-0.05, 0) is 13.0 Å². The molecule has 2 aromatic heterocycles. The van der Waals surface area contributed by atoms with Gasteiger partial charge in [-0.25, -0.2) is 15.0 Å². The van der Waals surface area contributed by atoms with Gasteiger partial charge in [-0.15, -0.1) is 11.3 Å². The van der Waals surface area contributed by atoms with E-state index >= 15 is 0 Å². The summed E-state index contributed by atoms with van der Waals surface area (Å²) in [7, 11) is 0. The van der Waals surface area contributed by atoms with E-state index in [-0.39, 0.29) is 0 Å². The van der Waals surface area contributed by atoms with Gasteiger partial charge in [0.25, 0.3) is 0 Å². The number of aryl methyl sites for hydroxylation is 1. The maximum Gasteiger partial charge on any atom is 0.144 e. The zero-order chi connectivity index (χ0) is 9.26. The number of nitrogen functional groups attached to an aromatic ring is 1. The summed E-state index contributed by atoms with van der Waals surface area (Å²) < 4.78 is 0. The average molecular weight is 192 g/mol. The van der Waals surface area contributed by atoms with E-state index in [4.69, 9.17) is 5.73 Å². The molecule has 0 bridgehead atoms. The van der Waals surface area contributed by atoms with Crippen LogP contribution in [0.1, 0.15) is 5.82 Å². The van der Waals surface area contributed by atoms with Gasteiger partial charge in [0.1, 0.15) is 22.3 Å². The largest absolute Gasteiger partial charge is 0.383 e. The molecule has 0 amide bonds. The molecule has 13 heavy (non-hydrogen) atoms. The van der Waals surface area contributed by atoms with Crippen LogP contribution < -0.4 is 5.73 Å². The molecule has 0 radical (unpaired) electrons. The standard InChI is InChI=1S/C8H8N4S/c1-5-10-3-2-6(11-5)8-12-7(9)4-13-8/h2-4H,9H2,1H3. The molecule has 2 rings (SSSR count). The Balaban J connectivity index is 2.46. The van der Waals surface area contributed by atoms with Crippen molar-refractivity contribution in [2.45, 2.75) is 6.92 Å². The zero-order valence-corrected chi connectivity index (χ0v) is 7.88. The van der Waals surface area contributed by atoms with E-state index in [2.05, 4.69) is 15.0 Å². The molecule has 0 aliphatic carbocycles. The minimum atomic E-state index is 0.538. The quantitative estimate of drug-likeness (QED) is 0.743. The van der Waals surface area contributed by atoms with Crippen molar-refractivity contribution in [3.8, 4) is 10.7 Å². The van der Waals surface area contributed by atoms with Crippen molar-refractivity contribution in [2.24, 2.45) is 0 Å². The predicted molar refractivity (Wildman–Crippen MR) is 52.3 cm³/mol. The van der Waals surface area contributed by atoms with Gasteiger partial charge in [-0.3, -0.25) is 0 Å². The van der Waals surface area contributed by atoms with Crippen molar-refractivity contribution in [3.63, 3.8) is 0 Å². The number of rotatable bonds is 1. The smallest absolute Gasteiger partial charge is 0.144 e. The molecule has 4 nitrogen and oxygen atoms in total. The summed E-state index contributed by atoms with van der Waals surface area (Å²) in [6.07, 6.45) is 1.72. The Kier molecular flexibility index (Phi) is 1.94. The van der Waals surface area contributed by atoms with Gasteiger partial charge in [0.2, 0.25) is 0 Å². The molecule has 0 aliphatic rings. The van der Waals surface area contributed by atoms with Crippen LogP contribution in [0.5, 0.6) is 0 Å². The maximum absolute atomic E-state index is 5.51. The number of nitrogens with zero attached hydrogens (tertiary/aromatic N) is 3. The number of hydrogen-bond donors (Lipinski definition) is 1. The Morgan fingerprint density at radius 1 is 1.38 bits per heavy atom. The van der Waals surface area contributed by atoms with Gasteiger partial charge in [0.15, 0.2) is 0 Å². The molecule has 0 spiro atoms. The van der Waals surface area contributed by atoms with E-state index in [9.17, 15) is 0 Å². The van der Waals surface area contributed by atoms with Gasteiger partial charge in [0.05, 0.1) is 0 Å². The summed E-state index contributed by atoms with van der Waals surface area (Å²) in [4.78, 5) is 12.4. The van der Waals surface area contributed by atoms with E-state index in [0.29, 0.717) is 5.82 Å². The predicted octanol–water partition coefficient (Wildman–Crippen LogP) is 1.49. The molecule has 0 aliphatic heterocycles. The Hall–Kier alpha value is -1.49. The molecule has 2 heterocycles. The van der Waals surface area contributed by atoms with Crippen molar-refractivity contribution in [1.29, 1.82) is 0 Å². The molecule has 0 unspecified atom stereocenters. The van der Waals surface area contributed by atoms with Crippen LogP contribution in [0.3, 0.4) is 0 Å². The first-order valence-electron chi connectivity index (χ1n) is 3.77. The van der Waals surface area contributed by atoms with E-state index in [1.54, 1.807) is 11.6 Å². The van der Waals surface area contributed by atoms with Crippen LogP contribution >= 0.6 is 11.3 Å². The normalized spacial score (nSPS) is 10.2. The third-order valence-electron chi connectivity index (χ3n) is 1.52. The second-order valence-corrected chi connectivity index (χ2v) is 3.42. The van der Waals surface area contributed by atoms with Crippen LogP contribution in [0.25, 0.3) is 10.7 Å². The fraction of sp³-hybridized carbons (Fsp3) is 0.125. The fourth-order valence-corrected chi connectivity index (χ4v) is 1.66. The van der Waals surface area contributed by atoms with E-state index in [1.165, 1.54) is 11.3 Å². The topological polar surface area (TPSA) is 64.7 Å². The van der Waals surface area contributed by atoms with Crippen molar-refractivity contribution in [2.75, 3.05) is 5.73 Å². The van der Waals surface area contributed by atoms with Gasteiger partial charge < -0.3 is 5.73 Å². The number of anilines is 1. The van der Waals surface area contributed by atoms with E-state index in [1.807, 2.05) is 13.0 Å². The second kappa shape index (κ2) is 3.10. The van der Waals surface area contributed by atoms with E-state index < -0.39 is 0 Å². The molecule has 2 N–H and O–H groups in total. The molecule has 0 aromatic carbocycles. The van der Waals surface area contributed by atoms with Crippen LogP contribution in [-0.4, -0.2) is 15.0 Å². The molecular formula is C8H8N4S. The van der Waals surface area contributed by atoms with Crippen LogP contribution in [0.2, 0.25) is 0 Å². The highest BCUT2D eigenvalue weighted by molar-refractivity contribution is 7.13. The van der Waals surface area contributed by atoms with Gasteiger partial charge in [-0.1, -0.05) is 0 Å². The first-order chi connectivity index (χ1) is 6.25. The summed E-state index contributed by atoms with van der Waals surface area (Å²) in [6, 6.07) is 1.82. The first kappa shape index (κ1) is 8.12. The molecule has 66 valence electrons. The van der Waals surface area contributed by atoms with Crippen LogP contribution in [0.4, 0.5) is 5.82 Å². The molecule has 0 saturated carbocycles. The number of nitrogens with two attached hydrogens (primary N) is 1. The SMILES string of the molecule is Cc1nccc(-c2nc(N)cs2)n1. The highest BCUT2D eigenvalue weighted by Gasteiger charge is 2.03. The Labute approximate surface area is 79.5 Å². The fourth-order valence-electron chi connectivity index (χ4n) is 0.979. The molecule has 0 atom stereocenters. The lowest BCUT2D eigenvalue weighted by atomic mass is 10.4. The minimum Gasteiger partial charge on any atom is -0.383 e. The van der Waals surface area contributed by atoms with Crippen molar-refractivity contribution < 1.29 is 0 Å². The molecular weight excluding hydrogens is 184 g/mol. The monoisotopic (exact) mass is 192 g/mol. The Morgan fingerprint density at radius 2 is 2.23 bits per heavy atom. The summed E-state index contributed by atoms with van der Waals surface area (Å²) in [5.74, 6) is 1.28. The van der Waals surface area contributed by atoms with Gasteiger partial charge in [-0.2, -0.15) is 0 Å². The molecule has 2 aromatic rings. The summed E-state index contributed by atoms with van der Waals surface area (Å²) >= 11 is 1.48. The minimum absolute atomic E-state index is 0.538. The number of hydrogen-bond acceptors (Lipinski definition) is 5. The second-order valence-electron chi connectivity index (χ2n) is 2.57. The summed E-state index contributed by atoms with van der Waals surface area (Å²) in [6.45, 7) is 1.85. The Bertz CT molecular complexity index is 424. The first-order valence-corrected chi connectivity index (χ1v) is 4.65. The van der Waals surface area contributed by atoms with Crippen LogP contribution in [0.15, 0.2) is 17.6 Å². The van der Waals surface area contributed by atoms with Crippen molar-refractivity contribution >= 4 is 17.2 Å². The van der Waals surface area contributed by atoms with Gasteiger partial charge in [0, 0.05) is 11.6 Å². The molecule has 0 saturated heterocycles. The molecule has 0 fully saturated rings. The van der Waals surface area contributed by atoms with Gasteiger partial charge >= 0.3 is 0 Å². The average Bonchev–Trinajstić information content (AvgIpc) is 2.52. The maximum atomic E-state index is 5.51. The summed E-state index contributed by atoms with van der Waals surface area (Å²) in [5, 5.41) is 2.63. The van der Waals surface area contributed by atoms with Crippen molar-refractivity contribution in [1.82, 2.24) is 15.0 Å². The van der Waals surface area contributed by atoms with Crippen LogP contribution in [0, 0.1) is 6.92 Å². The highest BCUT2D eigenvalue weighted by Crippen LogP contribution is 2.21. The van der Waals surface area contributed by atoms with Crippen LogP contribution in [-0.2, 0) is 0 Å². The third-order valence-corrected chi connectivity index (χ3v) is 2.40. The lowest BCUT2D eigenvalue weighted by Crippen LogP contribution is -1.90. The number of thiazole rings is 1.